The standard InChI is InChI=1S/C21H29N5O3/c1-4-22-18(27)14-24-9-11-25(12-10-24)21(29)19-16-7-5-6-8-17(16)20(28)26(23-19)13-15(2)3/h5-8,15H,4,9-14H2,1-3H3,(H,22,27). The molecule has 0 radical (unpaired) electrons. The van der Waals surface area contributed by atoms with Crippen LogP contribution in [0.3, 0.4) is 0 Å². The molecule has 1 aromatic carbocycles. The average Bonchev–Trinajstić information content (AvgIpc) is 2.70. The van der Waals surface area contributed by atoms with E-state index in [-0.39, 0.29) is 23.3 Å². The fourth-order valence-corrected chi connectivity index (χ4v) is 3.58. The van der Waals surface area contributed by atoms with E-state index >= 15 is 0 Å². The van der Waals surface area contributed by atoms with Gasteiger partial charge in [0.25, 0.3) is 11.5 Å². The third-order valence-electron chi connectivity index (χ3n) is 5.01. The molecule has 2 heterocycles. The number of amides is 2. The molecule has 1 N–H and O–H groups in total. The predicted molar refractivity (Wildman–Crippen MR) is 112 cm³/mol. The van der Waals surface area contributed by atoms with Crippen LogP contribution in [0.5, 0.6) is 0 Å². The van der Waals surface area contributed by atoms with E-state index in [2.05, 4.69) is 10.4 Å². The molecule has 2 amide bonds. The second kappa shape index (κ2) is 9.17. The molecule has 1 saturated heterocycles. The largest absolute Gasteiger partial charge is 0.355 e. The first kappa shape index (κ1) is 21.0. The highest BCUT2D eigenvalue weighted by molar-refractivity contribution is 6.04. The first-order chi connectivity index (χ1) is 13.9. The van der Waals surface area contributed by atoms with E-state index in [4.69, 9.17) is 0 Å². The van der Waals surface area contributed by atoms with Gasteiger partial charge in [-0.2, -0.15) is 5.10 Å². The summed E-state index contributed by atoms with van der Waals surface area (Å²) < 4.78 is 1.41. The molecule has 0 atom stereocenters. The van der Waals surface area contributed by atoms with Crippen molar-refractivity contribution < 1.29 is 9.59 Å². The molecule has 29 heavy (non-hydrogen) atoms. The van der Waals surface area contributed by atoms with Crippen molar-refractivity contribution in [1.82, 2.24) is 24.9 Å². The molecule has 156 valence electrons. The molecular formula is C21H29N5O3. The lowest BCUT2D eigenvalue weighted by molar-refractivity contribution is -0.122. The van der Waals surface area contributed by atoms with Crippen LogP contribution in [0.2, 0.25) is 0 Å². The summed E-state index contributed by atoms with van der Waals surface area (Å²) in [5, 5.41) is 8.34. The lowest BCUT2D eigenvalue weighted by Crippen LogP contribution is -2.51. The van der Waals surface area contributed by atoms with Crippen LogP contribution in [0.1, 0.15) is 31.3 Å². The minimum atomic E-state index is -0.170. The SMILES string of the molecule is CCNC(=O)CN1CCN(C(=O)c2nn(CC(C)C)c(=O)c3ccccc23)CC1. The van der Waals surface area contributed by atoms with Gasteiger partial charge in [0, 0.05) is 44.7 Å². The molecule has 0 saturated carbocycles. The van der Waals surface area contributed by atoms with E-state index in [1.165, 1.54) is 4.68 Å². The van der Waals surface area contributed by atoms with Crippen LogP contribution in [0, 0.1) is 5.92 Å². The zero-order valence-corrected chi connectivity index (χ0v) is 17.4. The van der Waals surface area contributed by atoms with Crippen molar-refractivity contribution in [2.24, 2.45) is 5.92 Å². The smallest absolute Gasteiger partial charge is 0.275 e. The van der Waals surface area contributed by atoms with Crippen molar-refractivity contribution in [1.29, 1.82) is 0 Å². The lowest BCUT2D eigenvalue weighted by Gasteiger charge is -2.34. The number of hydrogen-bond acceptors (Lipinski definition) is 5. The van der Waals surface area contributed by atoms with Gasteiger partial charge in [0.15, 0.2) is 5.69 Å². The van der Waals surface area contributed by atoms with Gasteiger partial charge >= 0.3 is 0 Å². The highest BCUT2D eigenvalue weighted by atomic mass is 16.2. The fourth-order valence-electron chi connectivity index (χ4n) is 3.58. The van der Waals surface area contributed by atoms with Crippen molar-refractivity contribution in [2.45, 2.75) is 27.3 Å². The number of rotatable bonds is 6. The minimum Gasteiger partial charge on any atom is -0.355 e. The van der Waals surface area contributed by atoms with Crippen LogP contribution in [0.25, 0.3) is 10.8 Å². The van der Waals surface area contributed by atoms with E-state index in [0.29, 0.717) is 62.3 Å². The minimum absolute atomic E-state index is 0.000647. The van der Waals surface area contributed by atoms with Crippen LogP contribution in [0.15, 0.2) is 29.1 Å². The number of nitrogens with one attached hydrogen (secondary N) is 1. The first-order valence-corrected chi connectivity index (χ1v) is 10.2. The van der Waals surface area contributed by atoms with Gasteiger partial charge in [-0.25, -0.2) is 4.68 Å². The Morgan fingerprint density at radius 1 is 1.10 bits per heavy atom. The first-order valence-electron chi connectivity index (χ1n) is 10.2. The molecule has 8 nitrogen and oxygen atoms in total. The third kappa shape index (κ3) is 4.82. The molecule has 0 spiro atoms. The second-order valence-electron chi connectivity index (χ2n) is 7.80. The Hall–Kier alpha value is -2.74. The Morgan fingerprint density at radius 3 is 2.38 bits per heavy atom. The molecular weight excluding hydrogens is 370 g/mol. The van der Waals surface area contributed by atoms with Gasteiger partial charge in [-0.1, -0.05) is 32.0 Å². The molecule has 2 aromatic rings. The number of fused-ring (bicyclic) bond motifs is 1. The Balaban J connectivity index is 1.82. The number of piperazine rings is 1. The van der Waals surface area contributed by atoms with Crippen molar-refractivity contribution in [3.8, 4) is 0 Å². The molecule has 8 heteroatoms. The monoisotopic (exact) mass is 399 g/mol. The number of nitrogens with zero attached hydrogens (tertiary/aromatic N) is 4. The summed E-state index contributed by atoms with van der Waals surface area (Å²) in [5.41, 5.74) is 0.149. The summed E-state index contributed by atoms with van der Waals surface area (Å²) >= 11 is 0. The number of carbonyl (C=O) groups is 2. The van der Waals surface area contributed by atoms with Gasteiger partial charge in [0.05, 0.1) is 11.9 Å². The predicted octanol–water partition coefficient (Wildman–Crippen LogP) is 0.946. The number of carbonyl (C=O) groups excluding carboxylic acids is 2. The Bertz CT molecular complexity index is 945. The second-order valence-corrected chi connectivity index (χ2v) is 7.80. The molecule has 1 aromatic heterocycles. The summed E-state index contributed by atoms with van der Waals surface area (Å²) in [5.74, 6) is 0.0687. The third-order valence-corrected chi connectivity index (χ3v) is 5.01. The number of aromatic nitrogens is 2. The summed E-state index contributed by atoms with van der Waals surface area (Å²) in [7, 11) is 0. The van der Waals surface area contributed by atoms with Crippen LogP contribution in [-0.4, -0.2) is 70.7 Å². The summed E-state index contributed by atoms with van der Waals surface area (Å²) in [6.07, 6.45) is 0. The number of hydrogen-bond donors (Lipinski definition) is 1. The van der Waals surface area contributed by atoms with Crippen LogP contribution in [-0.2, 0) is 11.3 Å². The summed E-state index contributed by atoms with van der Waals surface area (Å²) in [4.78, 5) is 41.6. The highest BCUT2D eigenvalue weighted by Crippen LogP contribution is 2.17. The van der Waals surface area contributed by atoms with E-state index in [0.717, 1.165) is 0 Å². The zero-order chi connectivity index (χ0) is 21.0. The topological polar surface area (TPSA) is 87.5 Å². The lowest BCUT2D eigenvalue weighted by atomic mass is 10.1. The Morgan fingerprint density at radius 2 is 1.76 bits per heavy atom. The van der Waals surface area contributed by atoms with Gasteiger partial charge in [-0.05, 0) is 18.9 Å². The van der Waals surface area contributed by atoms with Crippen molar-refractivity contribution in [2.75, 3.05) is 39.3 Å². The van der Waals surface area contributed by atoms with E-state index in [9.17, 15) is 14.4 Å². The van der Waals surface area contributed by atoms with Crippen molar-refractivity contribution >= 4 is 22.6 Å². The zero-order valence-electron chi connectivity index (χ0n) is 17.4. The van der Waals surface area contributed by atoms with Crippen molar-refractivity contribution in [3.05, 3.63) is 40.3 Å². The van der Waals surface area contributed by atoms with Crippen molar-refractivity contribution in [3.63, 3.8) is 0 Å². The van der Waals surface area contributed by atoms with E-state index in [1.807, 2.05) is 31.7 Å². The molecule has 0 bridgehead atoms. The highest BCUT2D eigenvalue weighted by Gasteiger charge is 2.26. The maximum Gasteiger partial charge on any atom is 0.275 e. The molecule has 0 aliphatic carbocycles. The molecule has 1 aliphatic heterocycles. The number of likely N-dealkylation sites (N-methyl/N-ethyl adjacent to an activating group) is 1. The van der Waals surface area contributed by atoms with Crippen LogP contribution in [0.4, 0.5) is 0 Å². The fraction of sp³-hybridized carbons (Fsp3) is 0.524. The number of benzene rings is 1. The quantitative estimate of drug-likeness (QED) is 0.781. The molecule has 0 unspecified atom stereocenters. The molecule has 1 fully saturated rings. The Kier molecular flexibility index (Phi) is 6.64. The molecule has 3 rings (SSSR count). The normalized spacial score (nSPS) is 15.1. The summed E-state index contributed by atoms with van der Waals surface area (Å²) in [6, 6.07) is 7.15. The average molecular weight is 399 g/mol. The van der Waals surface area contributed by atoms with E-state index < -0.39 is 0 Å². The van der Waals surface area contributed by atoms with E-state index in [1.54, 1.807) is 23.1 Å². The molecule has 1 aliphatic rings. The summed E-state index contributed by atoms with van der Waals surface area (Å²) in [6.45, 7) is 9.65. The maximum atomic E-state index is 13.2. The maximum absolute atomic E-state index is 13.2. The van der Waals surface area contributed by atoms with Gasteiger partial charge in [-0.15, -0.1) is 0 Å². The van der Waals surface area contributed by atoms with Gasteiger partial charge in [-0.3, -0.25) is 19.3 Å². The van der Waals surface area contributed by atoms with Gasteiger partial charge < -0.3 is 10.2 Å². The van der Waals surface area contributed by atoms with Crippen LogP contribution >= 0.6 is 0 Å². The Labute approximate surface area is 170 Å². The van der Waals surface area contributed by atoms with Gasteiger partial charge in [0.1, 0.15) is 0 Å². The van der Waals surface area contributed by atoms with Crippen LogP contribution < -0.4 is 10.9 Å². The van der Waals surface area contributed by atoms with Gasteiger partial charge in [0.2, 0.25) is 5.91 Å².